The van der Waals surface area contributed by atoms with Crippen LogP contribution in [0.1, 0.15) is 17.3 Å². The van der Waals surface area contributed by atoms with E-state index in [0.717, 1.165) is 0 Å². The van der Waals surface area contributed by atoms with E-state index < -0.39 is 0 Å². The molecular formula is C11H14N2O2. The van der Waals surface area contributed by atoms with Crippen LogP contribution >= 0.6 is 0 Å². The third kappa shape index (κ3) is 2.33. The quantitative estimate of drug-likeness (QED) is 0.686. The summed E-state index contributed by atoms with van der Waals surface area (Å²) in [5, 5.41) is 0. The molecule has 4 heteroatoms. The number of ether oxygens (including phenoxy) is 1. The minimum atomic E-state index is 0.0400. The van der Waals surface area contributed by atoms with Crippen molar-refractivity contribution in [1.82, 2.24) is 9.88 Å². The van der Waals surface area contributed by atoms with Crippen molar-refractivity contribution in [2.45, 2.75) is 13.0 Å². The van der Waals surface area contributed by atoms with E-state index in [1.807, 2.05) is 11.8 Å². The molecule has 0 bridgehead atoms. The fraction of sp³-hybridized carbons (Fsp3) is 0.455. The van der Waals surface area contributed by atoms with E-state index in [-0.39, 0.29) is 12.0 Å². The van der Waals surface area contributed by atoms with Gasteiger partial charge in [-0.3, -0.25) is 9.78 Å². The summed E-state index contributed by atoms with van der Waals surface area (Å²) in [4.78, 5) is 17.7. The van der Waals surface area contributed by atoms with E-state index in [9.17, 15) is 4.79 Å². The number of morpholine rings is 1. The first-order valence-corrected chi connectivity index (χ1v) is 5.08. The van der Waals surface area contributed by atoms with Gasteiger partial charge in [-0.2, -0.15) is 0 Å². The Labute approximate surface area is 88.9 Å². The van der Waals surface area contributed by atoms with Crippen LogP contribution in [0.4, 0.5) is 0 Å². The Morgan fingerprint density at radius 3 is 3.20 bits per heavy atom. The highest BCUT2D eigenvalue weighted by molar-refractivity contribution is 5.93. The smallest absolute Gasteiger partial charge is 0.255 e. The van der Waals surface area contributed by atoms with Gasteiger partial charge in [-0.05, 0) is 19.1 Å². The van der Waals surface area contributed by atoms with Gasteiger partial charge in [-0.25, -0.2) is 0 Å². The molecular weight excluding hydrogens is 192 g/mol. The second kappa shape index (κ2) is 4.40. The van der Waals surface area contributed by atoms with Crippen molar-refractivity contribution in [3.8, 4) is 0 Å². The average Bonchev–Trinajstić information content (AvgIpc) is 2.29. The highest BCUT2D eigenvalue weighted by Gasteiger charge is 2.22. The van der Waals surface area contributed by atoms with Gasteiger partial charge >= 0.3 is 0 Å². The predicted octanol–water partition coefficient (Wildman–Crippen LogP) is 0.943. The largest absolute Gasteiger partial charge is 0.375 e. The summed E-state index contributed by atoms with van der Waals surface area (Å²) in [5.74, 6) is 0.0400. The summed E-state index contributed by atoms with van der Waals surface area (Å²) >= 11 is 0. The molecule has 1 amide bonds. The standard InChI is InChI=1S/C11H14N2O2/c1-9-8-13(5-6-15-9)11(14)10-3-2-4-12-7-10/h2-4,7,9H,5-6,8H2,1H3. The summed E-state index contributed by atoms with van der Waals surface area (Å²) in [6, 6.07) is 3.56. The summed E-state index contributed by atoms with van der Waals surface area (Å²) < 4.78 is 5.38. The molecule has 1 saturated heterocycles. The maximum absolute atomic E-state index is 12.0. The highest BCUT2D eigenvalue weighted by atomic mass is 16.5. The summed E-state index contributed by atoms with van der Waals surface area (Å²) in [6.07, 6.45) is 3.39. The summed E-state index contributed by atoms with van der Waals surface area (Å²) in [7, 11) is 0. The van der Waals surface area contributed by atoms with Crippen LogP contribution in [0.2, 0.25) is 0 Å². The summed E-state index contributed by atoms with van der Waals surface area (Å²) in [6.45, 7) is 3.92. The van der Waals surface area contributed by atoms with E-state index in [0.29, 0.717) is 25.3 Å². The maximum atomic E-state index is 12.0. The topological polar surface area (TPSA) is 42.4 Å². The Balaban J connectivity index is 2.08. The Kier molecular flexibility index (Phi) is 2.97. The van der Waals surface area contributed by atoms with Crippen LogP contribution in [-0.2, 0) is 4.74 Å². The van der Waals surface area contributed by atoms with Crippen LogP contribution in [-0.4, -0.2) is 41.6 Å². The molecule has 0 aromatic carbocycles. The van der Waals surface area contributed by atoms with Gasteiger partial charge in [-0.1, -0.05) is 0 Å². The van der Waals surface area contributed by atoms with Crippen molar-refractivity contribution in [1.29, 1.82) is 0 Å². The van der Waals surface area contributed by atoms with Crippen LogP contribution in [0.3, 0.4) is 0 Å². The molecule has 1 aromatic rings. The Hall–Kier alpha value is -1.42. The van der Waals surface area contributed by atoms with Gasteiger partial charge in [0.25, 0.3) is 5.91 Å². The van der Waals surface area contributed by atoms with E-state index in [1.165, 1.54) is 0 Å². The third-order valence-corrected chi connectivity index (χ3v) is 2.44. The molecule has 1 atom stereocenters. The van der Waals surface area contributed by atoms with Crippen molar-refractivity contribution in [2.75, 3.05) is 19.7 Å². The molecule has 0 saturated carbocycles. The second-order valence-electron chi connectivity index (χ2n) is 3.67. The van der Waals surface area contributed by atoms with E-state index in [1.54, 1.807) is 24.5 Å². The lowest BCUT2D eigenvalue weighted by molar-refractivity contribution is -0.0124. The zero-order chi connectivity index (χ0) is 10.7. The Morgan fingerprint density at radius 2 is 2.53 bits per heavy atom. The number of carbonyl (C=O) groups excluding carboxylic acids is 1. The fourth-order valence-corrected chi connectivity index (χ4v) is 1.67. The highest BCUT2D eigenvalue weighted by Crippen LogP contribution is 2.09. The molecule has 15 heavy (non-hydrogen) atoms. The molecule has 4 nitrogen and oxygen atoms in total. The molecule has 0 spiro atoms. The van der Waals surface area contributed by atoms with Crippen molar-refractivity contribution in [3.63, 3.8) is 0 Å². The number of hydrogen-bond donors (Lipinski definition) is 0. The zero-order valence-corrected chi connectivity index (χ0v) is 8.72. The molecule has 1 unspecified atom stereocenters. The number of pyridine rings is 1. The van der Waals surface area contributed by atoms with Gasteiger partial charge < -0.3 is 9.64 Å². The number of carbonyl (C=O) groups is 1. The van der Waals surface area contributed by atoms with E-state index in [2.05, 4.69) is 4.98 Å². The van der Waals surface area contributed by atoms with Crippen LogP contribution in [0.15, 0.2) is 24.5 Å². The molecule has 1 fully saturated rings. The molecule has 80 valence electrons. The number of amides is 1. The minimum absolute atomic E-state index is 0.0400. The molecule has 1 aliphatic rings. The Bertz CT molecular complexity index is 340. The number of hydrogen-bond acceptors (Lipinski definition) is 3. The van der Waals surface area contributed by atoms with Crippen LogP contribution in [0, 0.1) is 0 Å². The van der Waals surface area contributed by atoms with Crippen LogP contribution in [0.5, 0.6) is 0 Å². The lowest BCUT2D eigenvalue weighted by atomic mass is 10.2. The SMILES string of the molecule is CC1CN(C(=O)c2cccnc2)CCO1. The number of nitrogens with zero attached hydrogens (tertiary/aromatic N) is 2. The number of rotatable bonds is 1. The van der Waals surface area contributed by atoms with Gasteiger partial charge in [-0.15, -0.1) is 0 Å². The molecule has 0 aliphatic carbocycles. The normalized spacial score (nSPS) is 21.4. The van der Waals surface area contributed by atoms with Crippen molar-refractivity contribution < 1.29 is 9.53 Å². The molecule has 2 rings (SSSR count). The molecule has 0 N–H and O–H groups in total. The van der Waals surface area contributed by atoms with Crippen LogP contribution in [0.25, 0.3) is 0 Å². The first kappa shape index (κ1) is 10.1. The van der Waals surface area contributed by atoms with Gasteiger partial charge in [0.2, 0.25) is 0 Å². The molecule has 0 radical (unpaired) electrons. The molecule has 1 aliphatic heterocycles. The first-order chi connectivity index (χ1) is 7.27. The van der Waals surface area contributed by atoms with Crippen LogP contribution < -0.4 is 0 Å². The van der Waals surface area contributed by atoms with E-state index in [4.69, 9.17) is 4.74 Å². The predicted molar refractivity (Wildman–Crippen MR) is 55.6 cm³/mol. The third-order valence-electron chi connectivity index (χ3n) is 2.44. The second-order valence-corrected chi connectivity index (χ2v) is 3.67. The molecule has 2 heterocycles. The van der Waals surface area contributed by atoms with Crippen molar-refractivity contribution in [3.05, 3.63) is 30.1 Å². The fourth-order valence-electron chi connectivity index (χ4n) is 1.67. The number of aromatic nitrogens is 1. The lowest BCUT2D eigenvalue weighted by Crippen LogP contribution is -2.44. The monoisotopic (exact) mass is 206 g/mol. The van der Waals surface area contributed by atoms with Gasteiger partial charge in [0.15, 0.2) is 0 Å². The van der Waals surface area contributed by atoms with Gasteiger partial charge in [0.05, 0.1) is 18.3 Å². The maximum Gasteiger partial charge on any atom is 0.255 e. The summed E-state index contributed by atoms with van der Waals surface area (Å²) in [5.41, 5.74) is 0.645. The lowest BCUT2D eigenvalue weighted by Gasteiger charge is -2.31. The van der Waals surface area contributed by atoms with Crippen molar-refractivity contribution in [2.24, 2.45) is 0 Å². The average molecular weight is 206 g/mol. The van der Waals surface area contributed by atoms with E-state index >= 15 is 0 Å². The Morgan fingerprint density at radius 1 is 1.67 bits per heavy atom. The van der Waals surface area contributed by atoms with Gasteiger partial charge in [0.1, 0.15) is 0 Å². The minimum Gasteiger partial charge on any atom is -0.375 e. The van der Waals surface area contributed by atoms with Gasteiger partial charge in [0, 0.05) is 25.5 Å². The van der Waals surface area contributed by atoms with Crippen molar-refractivity contribution >= 4 is 5.91 Å². The zero-order valence-electron chi connectivity index (χ0n) is 8.72. The first-order valence-electron chi connectivity index (χ1n) is 5.08. The molecule has 1 aromatic heterocycles.